The maximum absolute atomic E-state index is 10.7. The highest BCUT2D eigenvalue weighted by molar-refractivity contribution is 5.74. The molecule has 2 rings (SSSR count). The second-order valence-corrected chi connectivity index (χ2v) is 3.72. The highest BCUT2D eigenvalue weighted by Gasteiger charge is 2.06. The molecule has 17 heavy (non-hydrogen) atoms. The first-order valence-corrected chi connectivity index (χ1v) is 5.35. The fourth-order valence-corrected chi connectivity index (χ4v) is 1.71. The van der Waals surface area contributed by atoms with Crippen LogP contribution >= 0.6 is 0 Å². The molecule has 0 amide bonds. The van der Waals surface area contributed by atoms with Crippen molar-refractivity contribution in [3.8, 4) is 5.88 Å². The summed E-state index contributed by atoms with van der Waals surface area (Å²) in [7, 11) is 1.58. The lowest BCUT2D eigenvalue weighted by Gasteiger charge is -2.07. The van der Waals surface area contributed by atoms with Gasteiger partial charge in [0.2, 0.25) is 5.88 Å². The smallest absolute Gasteiger partial charge is 0.216 e. The van der Waals surface area contributed by atoms with Gasteiger partial charge in [0.25, 0.3) is 0 Å². The van der Waals surface area contributed by atoms with Gasteiger partial charge in [-0.25, -0.2) is 4.98 Å². The molecule has 0 atom stereocenters. The number of benzene rings is 1. The van der Waals surface area contributed by atoms with E-state index in [-0.39, 0.29) is 0 Å². The number of ether oxygens (including phenoxy) is 1. The van der Waals surface area contributed by atoms with Crippen LogP contribution in [0.3, 0.4) is 0 Å². The monoisotopic (exact) mass is 227 g/mol. The number of methoxy groups -OCH3 is 1. The van der Waals surface area contributed by atoms with Gasteiger partial charge >= 0.3 is 0 Å². The summed E-state index contributed by atoms with van der Waals surface area (Å²) in [5.74, 6) is 0.569. The average Bonchev–Trinajstić information content (AvgIpc) is 2.40. The van der Waals surface area contributed by atoms with E-state index in [1.54, 1.807) is 7.11 Å². The molecule has 0 unspecified atom stereocenters. The van der Waals surface area contributed by atoms with Crippen molar-refractivity contribution in [2.75, 3.05) is 7.11 Å². The van der Waals surface area contributed by atoms with Crippen molar-refractivity contribution in [2.24, 2.45) is 0 Å². The van der Waals surface area contributed by atoms with Crippen LogP contribution < -0.4 is 4.74 Å². The summed E-state index contributed by atoms with van der Waals surface area (Å²) >= 11 is 0. The zero-order chi connectivity index (χ0) is 12.1. The van der Waals surface area contributed by atoms with Crippen molar-refractivity contribution in [2.45, 2.75) is 6.42 Å². The van der Waals surface area contributed by atoms with Crippen molar-refractivity contribution < 1.29 is 9.53 Å². The van der Waals surface area contributed by atoms with E-state index in [4.69, 9.17) is 4.74 Å². The van der Waals surface area contributed by atoms with E-state index >= 15 is 0 Å². The molecule has 0 bridgehead atoms. The van der Waals surface area contributed by atoms with Crippen LogP contribution in [0.1, 0.15) is 21.5 Å². The highest BCUT2D eigenvalue weighted by atomic mass is 16.5. The SMILES string of the molecule is COc1ncc(C=O)cc1Cc1ccccc1. The van der Waals surface area contributed by atoms with Crippen LogP contribution in [-0.4, -0.2) is 18.4 Å². The van der Waals surface area contributed by atoms with E-state index in [0.29, 0.717) is 17.9 Å². The molecule has 0 N–H and O–H groups in total. The maximum Gasteiger partial charge on any atom is 0.216 e. The average molecular weight is 227 g/mol. The molecule has 1 heterocycles. The summed E-state index contributed by atoms with van der Waals surface area (Å²) < 4.78 is 5.19. The van der Waals surface area contributed by atoms with Gasteiger partial charge in [-0.15, -0.1) is 0 Å². The van der Waals surface area contributed by atoms with Crippen LogP contribution in [0.4, 0.5) is 0 Å². The zero-order valence-corrected chi connectivity index (χ0v) is 9.59. The van der Waals surface area contributed by atoms with Crippen LogP contribution in [0.15, 0.2) is 42.6 Å². The molecule has 0 radical (unpaired) electrons. The van der Waals surface area contributed by atoms with Crippen molar-refractivity contribution in [1.82, 2.24) is 4.98 Å². The number of aromatic nitrogens is 1. The number of nitrogens with zero attached hydrogens (tertiary/aromatic N) is 1. The summed E-state index contributed by atoms with van der Waals surface area (Å²) in [6.45, 7) is 0. The van der Waals surface area contributed by atoms with Gasteiger partial charge in [0, 0.05) is 23.7 Å². The largest absolute Gasteiger partial charge is 0.481 e. The number of aldehydes is 1. The van der Waals surface area contributed by atoms with Gasteiger partial charge in [-0.1, -0.05) is 30.3 Å². The van der Waals surface area contributed by atoms with E-state index in [1.165, 1.54) is 6.20 Å². The lowest BCUT2D eigenvalue weighted by atomic mass is 10.1. The quantitative estimate of drug-likeness (QED) is 0.753. The lowest BCUT2D eigenvalue weighted by Crippen LogP contribution is -1.98. The Morgan fingerprint density at radius 3 is 2.71 bits per heavy atom. The molecule has 1 aromatic carbocycles. The third-order valence-corrected chi connectivity index (χ3v) is 2.51. The molecule has 0 aliphatic carbocycles. The first-order chi connectivity index (χ1) is 8.33. The van der Waals surface area contributed by atoms with Crippen LogP contribution in [0, 0.1) is 0 Å². The van der Waals surface area contributed by atoms with Crippen molar-refractivity contribution >= 4 is 6.29 Å². The normalized spacial score (nSPS) is 9.94. The molecular weight excluding hydrogens is 214 g/mol. The number of hydrogen-bond acceptors (Lipinski definition) is 3. The van der Waals surface area contributed by atoms with Gasteiger partial charge in [-0.3, -0.25) is 4.79 Å². The highest BCUT2D eigenvalue weighted by Crippen LogP contribution is 2.19. The zero-order valence-electron chi connectivity index (χ0n) is 9.59. The number of pyridine rings is 1. The topological polar surface area (TPSA) is 39.2 Å². The number of carbonyl (C=O) groups excluding carboxylic acids is 1. The van der Waals surface area contributed by atoms with Crippen LogP contribution in [0.5, 0.6) is 5.88 Å². The van der Waals surface area contributed by atoms with Gasteiger partial charge in [-0.2, -0.15) is 0 Å². The Hall–Kier alpha value is -2.16. The van der Waals surface area contributed by atoms with Gasteiger partial charge in [0.05, 0.1) is 7.11 Å². The van der Waals surface area contributed by atoms with E-state index < -0.39 is 0 Å². The fourth-order valence-electron chi connectivity index (χ4n) is 1.71. The molecule has 86 valence electrons. The first kappa shape index (κ1) is 11.3. The minimum absolute atomic E-state index is 0.566. The Morgan fingerprint density at radius 1 is 1.29 bits per heavy atom. The van der Waals surface area contributed by atoms with Gasteiger partial charge in [0.1, 0.15) is 0 Å². The molecule has 0 saturated heterocycles. The molecule has 0 saturated carbocycles. The third kappa shape index (κ3) is 2.69. The first-order valence-electron chi connectivity index (χ1n) is 5.35. The molecule has 3 heteroatoms. The Bertz CT molecular complexity index is 509. The lowest BCUT2D eigenvalue weighted by molar-refractivity contribution is 0.112. The van der Waals surface area contributed by atoms with E-state index in [9.17, 15) is 4.79 Å². The molecular formula is C14H13NO2. The summed E-state index contributed by atoms with van der Waals surface area (Å²) in [5, 5.41) is 0. The molecule has 0 spiro atoms. The second kappa shape index (κ2) is 5.25. The van der Waals surface area contributed by atoms with Crippen molar-refractivity contribution in [1.29, 1.82) is 0 Å². The minimum Gasteiger partial charge on any atom is -0.481 e. The van der Waals surface area contributed by atoms with E-state index in [1.807, 2.05) is 36.4 Å². The number of rotatable bonds is 4. The predicted molar refractivity (Wildman–Crippen MR) is 65.4 cm³/mol. The summed E-state index contributed by atoms with van der Waals surface area (Å²) in [6.07, 6.45) is 3.01. The second-order valence-electron chi connectivity index (χ2n) is 3.72. The van der Waals surface area contributed by atoms with Crippen molar-refractivity contribution in [3.05, 3.63) is 59.3 Å². The molecule has 3 nitrogen and oxygen atoms in total. The van der Waals surface area contributed by atoms with Gasteiger partial charge in [-0.05, 0) is 11.6 Å². The van der Waals surface area contributed by atoms with Crippen molar-refractivity contribution in [3.63, 3.8) is 0 Å². The Morgan fingerprint density at radius 2 is 2.06 bits per heavy atom. The van der Waals surface area contributed by atoms with Crippen LogP contribution in [-0.2, 0) is 6.42 Å². The predicted octanol–water partition coefficient (Wildman–Crippen LogP) is 2.49. The summed E-state index contributed by atoms with van der Waals surface area (Å²) in [4.78, 5) is 14.8. The van der Waals surface area contributed by atoms with Gasteiger partial charge in [0.15, 0.2) is 6.29 Å². The van der Waals surface area contributed by atoms with Crippen LogP contribution in [0.2, 0.25) is 0 Å². The third-order valence-electron chi connectivity index (χ3n) is 2.51. The van der Waals surface area contributed by atoms with Crippen LogP contribution in [0.25, 0.3) is 0 Å². The standard InChI is InChI=1S/C14H13NO2/c1-17-14-13(8-12(10-16)9-15-14)7-11-5-3-2-4-6-11/h2-6,8-10H,7H2,1H3. The number of carbonyl (C=O) groups is 1. The van der Waals surface area contributed by atoms with Gasteiger partial charge < -0.3 is 4.74 Å². The Balaban J connectivity index is 2.33. The summed E-state index contributed by atoms with van der Waals surface area (Å²) in [6, 6.07) is 11.8. The molecule has 0 aliphatic rings. The number of hydrogen-bond donors (Lipinski definition) is 0. The Labute approximate surface area is 100 Å². The fraction of sp³-hybridized carbons (Fsp3) is 0.143. The molecule has 2 aromatic rings. The molecule has 0 aliphatic heterocycles. The minimum atomic E-state index is 0.566. The summed E-state index contributed by atoms with van der Waals surface area (Å²) in [5.41, 5.74) is 2.65. The van der Waals surface area contributed by atoms with E-state index in [2.05, 4.69) is 4.98 Å². The molecule has 0 fully saturated rings. The van der Waals surface area contributed by atoms with E-state index in [0.717, 1.165) is 17.4 Å². The maximum atomic E-state index is 10.7. The Kier molecular flexibility index (Phi) is 3.50. The molecule has 1 aromatic heterocycles.